The maximum Gasteiger partial charge on any atom is 0.410 e. The van der Waals surface area contributed by atoms with Crippen LogP contribution in [0.4, 0.5) is 9.18 Å². The number of halogens is 1. The highest BCUT2D eigenvalue weighted by atomic mass is 19.1. The van der Waals surface area contributed by atoms with E-state index in [1.807, 2.05) is 20.8 Å². The summed E-state index contributed by atoms with van der Waals surface area (Å²) in [6, 6.07) is 6.28. The van der Waals surface area contributed by atoms with Crippen LogP contribution >= 0.6 is 0 Å². The van der Waals surface area contributed by atoms with Crippen molar-refractivity contribution in [1.29, 1.82) is 0 Å². The van der Waals surface area contributed by atoms with E-state index in [0.717, 1.165) is 0 Å². The molecule has 1 atom stereocenters. The largest absolute Gasteiger partial charge is 0.444 e. The lowest BCUT2D eigenvalue weighted by molar-refractivity contribution is 0.0109. The molecule has 1 aliphatic heterocycles. The number of nitrogens with zero attached hydrogens (tertiary/aromatic N) is 1. The van der Waals surface area contributed by atoms with E-state index in [4.69, 9.17) is 4.74 Å². The maximum atomic E-state index is 14.0. The SMILES string of the molecule is CC(C)(C)OC(=O)N1CCCC(O)(c2ccccc2F)CC1. The van der Waals surface area contributed by atoms with Crippen molar-refractivity contribution in [2.75, 3.05) is 13.1 Å². The zero-order valence-electron chi connectivity index (χ0n) is 13.4. The van der Waals surface area contributed by atoms with E-state index in [1.54, 1.807) is 23.1 Å². The summed E-state index contributed by atoms with van der Waals surface area (Å²) in [6.07, 6.45) is 0.940. The zero-order valence-corrected chi connectivity index (χ0v) is 13.4. The molecule has 1 fully saturated rings. The number of ether oxygens (including phenoxy) is 1. The molecule has 1 aliphatic rings. The molecule has 1 N–H and O–H groups in total. The summed E-state index contributed by atoms with van der Waals surface area (Å²) in [7, 11) is 0. The maximum absolute atomic E-state index is 14.0. The number of likely N-dealkylation sites (tertiary alicyclic amines) is 1. The molecule has 1 unspecified atom stereocenters. The van der Waals surface area contributed by atoms with Crippen LogP contribution in [0.5, 0.6) is 0 Å². The molecule has 5 heteroatoms. The quantitative estimate of drug-likeness (QED) is 0.864. The van der Waals surface area contributed by atoms with Gasteiger partial charge in [0.15, 0.2) is 0 Å². The van der Waals surface area contributed by atoms with E-state index < -0.39 is 17.0 Å². The van der Waals surface area contributed by atoms with Crippen LogP contribution in [0.1, 0.15) is 45.6 Å². The minimum Gasteiger partial charge on any atom is -0.444 e. The molecule has 0 aliphatic carbocycles. The highest BCUT2D eigenvalue weighted by molar-refractivity contribution is 5.68. The fourth-order valence-electron chi connectivity index (χ4n) is 2.74. The van der Waals surface area contributed by atoms with Gasteiger partial charge in [-0.25, -0.2) is 9.18 Å². The van der Waals surface area contributed by atoms with Gasteiger partial charge in [0.25, 0.3) is 0 Å². The third kappa shape index (κ3) is 3.97. The van der Waals surface area contributed by atoms with Gasteiger partial charge in [0, 0.05) is 18.7 Å². The third-order valence-electron chi connectivity index (χ3n) is 3.84. The lowest BCUT2D eigenvalue weighted by atomic mass is 9.86. The summed E-state index contributed by atoms with van der Waals surface area (Å²) in [6.45, 7) is 6.31. The first kappa shape index (κ1) is 16.7. The molecule has 1 amide bonds. The van der Waals surface area contributed by atoms with Crippen LogP contribution in [0.2, 0.25) is 0 Å². The number of carbonyl (C=O) groups is 1. The van der Waals surface area contributed by atoms with Gasteiger partial charge in [-0.2, -0.15) is 0 Å². The Morgan fingerprint density at radius 1 is 1.27 bits per heavy atom. The summed E-state index contributed by atoms with van der Waals surface area (Å²) in [5, 5.41) is 10.8. The molecule has 4 nitrogen and oxygen atoms in total. The lowest BCUT2D eigenvalue weighted by Crippen LogP contribution is -2.38. The predicted molar refractivity (Wildman–Crippen MR) is 82.0 cm³/mol. The van der Waals surface area contributed by atoms with Gasteiger partial charge in [-0.15, -0.1) is 0 Å². The number of amides is 1. The fraction of sp³-hybridized carbons (Fsp3) is 0.588. The summed E-state index contributed by atoms with van der Waals surface area (Å²) < 4.78 is 19.3. The van der Waals surface area contributed by atoms with Crippen LogP contribution < -0.4 is 0 Å². The highest BCUT2D eigenvalue weighted by Gasteiger charge is 2.35. The number of hydrogen-bond donors (Lipinski definition) is 1. The second-order valence-corrected chi connectivity index (χ2v) is 6.83. The molecule has 22 heavy (non-hydrogen) atoms. The van der Waals surface area contributed by atoms with E-state index in [9.17, 15) is 14.3 Å². The highest BCUT2D eigenvalue weighted by Crippen LogP contribution is 2.34. The molecule has 122 valence electrons. The minimum atomic E-state index is -1.23. The van der Waals surface area contributed by atoms with Gasteiger partial charge >= 0.3 is 6.09 Å². The summed E-state index contributed by atoms with van der Waals surface area (Å²) in [4.78, 5) is 13.7. The Morgan fingerprint density at radius 2 is 1.95 bits per heavy atom. The normalized spacial score (nSPS) is 23.0. The number of rotatable bonds is 1. The van der Waals surface area contributed by atoms with Crippen molar-refractivity contribution >= 4 is 6.09 Å². The second-order valence-electron chi connectivity index (χ2n) is 6.83. The number of hydrogen-bond acceptors (Lipinski definition) is 3. The van der Waals surface area contributed by atoms with Crippen LogP contribution in [-0.2, 0) is 10.3 Å². The van der Waals surface area contributed by atoms with Crippen molar-refractivity contribution in [2.24, 2.45) is 0 Å². The molecule has 2 rings (SSSR count). The third-order valence-corrected chi connectivity index (χ3v) is 3.84. The van der Waals surface area contributed by atoms with Crippen LogP contribution in [-0.4, -0.2) is 34.8 Å². The summed E-state index contributed by atoms with van der Waals surface area (Å²) >= 11 is 0. The fourth-order valence-corrected chi connectivity index (χ4v) is 2.74. The number of benzene rings is 1. The topological polar surface area (TPSA) is 49.8 Å². The van der Waals surface area contributed by atoms with Gasteiger partial charge in [-0.05, 0) is 46.1 Å². The molecule has 1 aromatic carbocycles. The van der Waals surface area contributed by atoms with Crippen molar-refractivity contribution < 1.29 is 19.0 Å². The van der Waals surface area contributed by atoms with Crippen LogP contribution in [0.25, 0.3) is 0 Å². The van der Waals surface area contributed by atoms with Crippen LogP contribution in [0.15, 0.2) is 24.3 Å². The first-order chi connectivity index (χ1) is 10.2. The average molecular weight is 309 g/mol. The Bertz CT molecular complexity index is 541. The Morgan fingerprint density at radius 3 is 2.59 bits per heavy atom. The van der Waals surface area contributed by atoms with Crippen molar-refractivity contribution in [1.82, 2.24) is 4.90 Å². The molecule has 0 saturated carbocycles. The minimum absolute atomic E-state index is 0.299. The van der Waals surface area contributed by atoms with Gasteiger partial charge in [-0.3, -0.25) is 0 Å². The van der Waals surface area contributed by atoms with Crippen molar-refractivity contribution in [3.05, 3.63) is 35.6 Å². The molecular weight excluding hydrogens is 285 g/mol. The Balaban J connectivity index is 2.09. The van der Waals surface area contributed by atoms with Gasteiger partial charge in [-0.1, -0.05) is 18.2 Å². The molecule has 1 aromatic rings. The molecule has 0 spiro atoms. The van der Waals surface area contributed by atoms with Crippen molar-refractivity contribution in [3.63, 3.8) is 0 Å². The van der Waals surface area contributed by atoms with E-state index in [1.165, 1.54) is 6.07 Å². The molecule has 1 saturated heterocycles. The first-order valence-electron chi connectivity index (χ1n) is 7.67. The van der Waals surface area contributed by atoms with E-state index >= 15 is 0 Å². The predicted octanol–water partition coefficient (Wildman–Crippen LogP) is 3.43. The standard InChI is InChI=1S/C17H24FNO3/c1-16(2,3)22-15(20)19-11-6-9-17(21,10-12-19)13-7-4-5-8-14(13)18/h4-5,7-8,21H,6,9-12H2,1-3H3. The van der Waals surface area contributed by atoms with E-state index in [2.05, 4.69) is 0 Å². The monoisotopic (exact) mass is 309 g/mol. The Labute approximate surface area is 130 Å². The van der Waals surface area contributed by atoms with Gasteiger partial charge in [0.05, 0.1) is 5.60 Å². The molecule has 0 radical (unpaired) electrons. The van der Waals surface area contributed by atoms with Gasteiger partial charge in [0.1, 0.15) is 11.4 Å². The van der Waals surface area contributed by atoms with E-state index in [-0.39, 0.29) is 6.09 Å². The smallest absolute Gasteiger partial charge is 0.410 e. The second kappa shape index (κ2) is 6.24. The summed E-state index contributed by atoms with van der Waals surface area (Å²) in [5.41, 5.74) is -1.48. The number of carbonyl (C=O) groups excluding carboxylic acids is 1. The first-order valence-corrected chi connectivity index (χ1v) is 7.67. The van der Waals surface area contributed by atoms with Crippen LogP contribution in [0, 0.1) is 5.82 Å². The molecule has 1 heterocycles. The average Bonchev–Trinajstić information content (AvgIpc) is 2.60. The summed E-state index contributed by atoms with van der Waals surface area (Å²) in [5.74, 6) is -0.407. The van der Waals surface area contributed by atoms with Crippen molar-refractivity contribution in [3.8, 4) is 0 Å². The van der Waals surface area contributed by atoms with Crippen LogP contribution in [0.3, 0.4) is 0 Å². The van der Waals surface area contributed by atoms with Crippen molar-refractivity contribution in [2.45, 2.75) is 51.2 Å². The molecular formula is C17H24FNO3. The van der Waals surface area contributed by atoms with E-state index in [0.29, 0.717) is 37.9 Å². The zero-order chi connectivity index (χ0) is 16.4. The Kier molecular flexibility index (Phi) is 4.75. The number of aliphatic hydroxyl groups is 1. The Hall–Kier alpha value is -1.62. The lowest BCUT2D eigenvalue weighted by Gasteiger charge is -2.28. The molecule has 0 bridgehead atoms. The van der Waals surface area contributed by atoms with Gasteiger partial charge in [0.2, 0.25) is 0 Å². The molecule has 0 aromatic heterocycles. The van der Waals surface area contributed by atoms with Gasteiger partial charge < -0.3 is 14.7 Å².